The number of allylic oxidation sites excluding steroid dienone is 2. The number of ether oxygens (including phenoxy) is 1. The summed E-state index contributed by atoms with van der Waals surface area (Å²) in [5.41, 5.74) is 3.10. The van der Waals surface area contributed by atoms with E-state index >= 15 is 0 Å². The number of Topliss-reactive ketones (excluding diaryl/α,β-unsaturated/α-hetero) is 1. The van der Waals surface area contributed by atoms with E-state index in [-0.39, 0.29) is 24.1 Å². The second kappa shape index (κ2) is 15.5. The third-order valence-electron chi connectivity index (χ3n) is 5.54. The van der Waals surface area contributed by atoms with Crippen molar-refractivity contribution in [3.63, 3.8) is 0 Å². The van der Waals surface area contributed by atoms with E-state index in [1.807, 2.05) is 30.8 Å². The number of ketones is 1. The van der Waals surface area contributed by atoms with Gasteiger partial charge in [0.25, 0.3) is 0 Å². The van der Waals surface area contributed by atoms with Crippen molar-refractivity contribution in [2.24, 2.45) is 11.1 Å². The van der Waals surface area contributed by atoms with E-state index in [4.69, 9.17) is 32.8 Å². The minimum Gasteiger partial charge on any atom is -0.511 e. The number of carbonyl (C=O) groups excluding carboxylic acids is 1. The maximum Gasteiger partial charge on any atom is 0.168 e. The zero-order chi connectivity index (χ0) is 24.9. The molecule has 0 heterocycles. The quantitative estimate of drug-likeness (QED) is 0.198. The Morgan fingerprint density at radius 2 is 2.03 bits per heavy atom. The van der Waals surface area contributed by atoms with E-state index in [2.05, 4.69) is 19.0 Å². The number of rotatable bonds is 14. The fourth-order valence-corrected chi connectivity index (χ4v) is 5.23. The first-order valence-corrected chi connectivity index (χ1v) is 13.6. The van der Waals surface area contributed by atoms with Gasteiger partial charge in [0.1, 0.15) is 18.5 Å². The lowest BCUT2D eigenvalue weighted by molar-refractivity contribution is -0.116. The molecule has 188 valence electrons. The standard InChI is InChI=1S/C26H35Cl2NO4S/c1-4-7-22(26-23(30)15-19(16-24(26)31)14-18(3)34-5-2)29-33-17-25(32-13-6-12-27)20-8-10-21(28)11-9-20/h6,8-12,18-19,25,30H,4-5,7,13-17H2,1-3H3/b12-6+,29-22+. The molecule has 3 atom stereocenters. The number of halogens is 2. The summed E-state index contributed by atoms with van der Waals surface area (Å²) >= 11 is 13.5. The van der Waals surface area contributed by atoms with Crippen LogP contribution in [0.25, 0.3) is 0 Å². The lowest BCUT2D eigenvalue weighted by atomic mass is 9.82. The van der Waals surface area contributed by atoms with Gasteiger partial charge in [-0.05, 0) is 48.3 Å². The molecule has 0 fully saturated rings. The zero-order valence-corrected chi connectivity index (χ0v) is 22.5. The minimum absolute atomic E-state index is 0.0593. The van der Waals surface area contributed by atoms with E-state index in [0.29, 0.717) is 47.4 Å². The fourth-order valence-electron chi connectivity index (χ4n) is 4.05. The molecule has 5 nitrogen and oxygen atoms in total. The number of aliphatic hydroxyl groups is 1. The molecule has 3 unspecified atom stereocenters. The summed E-state index contributed by atoms with van der Waals surface area (Å²) in [6.45, 7) is 6.76. The summed E-state index contributed by atoms with van der Waals surface area (Å²) in [5.74, 6) is 1.27. The van der Waals surface area contributed by atoms with Crippen LogP contribution in [0.5, 0.6) is 0 Å². The number of nitrogens with zero attached hydrogens (tertiary/aromatic N) is 1. The average molecular weight is 529 g/mol. The van der Waals surface area contributed by atoms with Crippen molar-refractivity contribution in [1.82, 2.24) is 0 Å². The van der Waals surface area contributed by atoms with Crippen LogP contribution in [0.3, 0.4) is 0 Å². The molecular formula is C26H35Cl2NO4S. The summed E-state index contributed by atoms with van der Waals surface area (Å²) in [4.78, 5) is 18.6. The van der Waals surface area contributed by atoms with Crippen molar-refractivity contribution in [3.05, 3.63) is 57.8 Å². The van der Waals surface area contributed by atoms with Gasteiger partial charge in [0.2, 0.25) is 0 Å². The molecule has 1 aliphatic rings. The van der Waals surface area contributed by atoms with E-state index in [1.165, 1.54) is 5.54 Å². The predicted octanol–water partition coefficient (Wildman–Crippen LogP) is 7.65. The van der Waals surface area contributed by atoms with Crippen molar-refractivity contribution in [2.45, 2.75) is 64.2 Å². The monoisotopic (exact) mass is 527 g/mol. The van der Waals surface area contributed by atoms with Crippen LogP contribution < -0.4 is 0 Å². The smallest absolute Gasteiger partial charge is 0.168 e. The van der Waals surface area contributed by atoms with Gasteiger partial charge < -0.3 is 14.7 Å². The number of hydrogen-bond acceptors (Lipinski definition) is 6. The number of aliphatic hydroxyl groups excluding tert-OH is 1. The van der Waals surface area contributed by atoms with Crippen molar-refractivity contribution >= 4 is 46.5 Å². The minimum atomic E-state index is -0.400. The zero-order valence-electron chi connectivity index (χ0n) is 20.1. The van der Waals surface area contributed by atoms with Crippen molar-refractivity contribution in [2.75, 3.05) is 19.0 Å². The summed E-state index contributed by atoms with van der Waals surface area (Å²) in [7, 11) is 0. The SMILES string of the molecule is CCC/C(=N\OCC(OC/C=C/Cl)c1ccc(Cl)cc1)C1=C(O)CC(CC(C)SCC)CC1=O. The summed E-state index contributed by atoms with van der Waals surface area (Å²) in [6, 6.07) is 7.31. The molecule has 0 radical (unpaired) electrons. The highest BCUT2D eigenvalue weighted by Gasteiger charge is 2.31. The summed E-state index contributed by atoms with van der Waals surface area (Å²) in [6.07, 6.45) is 4.45. The number of thioether (sulfide) groups is 1. The highest BCUT2D eigenvalue weighted by atomic mass is 35.5. The van der Waals surface area contributed by atoms with E-state index < -0.39 is 6.10 Å². The molecule has 2 rings (SSSR count). The Kier molecular flexibility index (Phi) is 13.1. The van der Waals surface area contributed by atoms with Crippen LogP contribution in [0.4, 0.5) is 0 Å². The topological polar surface area (TPSA) is 68.1 Å². The molecular weight excluding hydrogens is 493 g/mol. The molecule has 0 saturated carbocycles. The molecule has 1 aromatic carbocycles. The first kappa shape index (κ1) is 28.8. The van der Waals surface area contributed by atoms with Gasteiger partial charge in [-0.2, -0.15) is 11.8 Å². The molecule has 0 spiro atoms. The fraction of sp³-hybridized carbons (Fsp3) is 0.538. The van der Waals surface area contributed by atoms with Gasteiger partial charge in [0, 0.05) is 28.6 Å². The highest BCUT2D eigenvalue weighted by molar-refractivity contribution is 7.99. The number of oxime groups is 1. The molecule has 34 heavy (non-hydrogen) atoms. The number of hydrogen-bond donors (Lipinski definition) is 1. The number of benzene rings is 1. The normalized spacial score (nSPS) is 19.0. The van der Waals surface area contributed by atoms with Gasteiger partial charge in [-0.15, -0.1) is 0 Å². The Labute approximate surface area is 217 Å². The Morgan fingerprint density at radius 1 is 1.29 bits per heavy atom. The first-order valence-electron chi connectivity index (χ1n) is 11.8. The second-order valence-electron chi connectivity index (χ2n) is 8.34. The van der Waals surface area contributed by atoms with Gasteiger partial charge in [0.15, 0.2) is 5.78 Å². The molecule has 1 N–H and O–H groups in total. The maximum atomic E-state index is 13.0. The maximum absolute atomic E-state index is 13.0. The lowest BCUT2D eigenvalue weighted by Crippen LogP contribution is -2.26. The van der Waals surface area contributed by atoms with Crippen LogP contribution in [0.2, 0.25) is 5.02 Å². The average Bonchev–Trinajstić information content (AvgIpc) is 2.78. The van der Waals surface area contributed by atoms with Gasteiger partial charge in [-0.3, -0.25) is 4.79 Å². The van der Waals surface area contributed by atoms with Gasteiger partial charge in [-0.1, -0.05) is 67.7 Å². The molecule has 1 aromatic rings. The molecule has 0 aliphatic heterocycles. The lowest BCUT2D eigenvalue weighted by Gasteiger charge is -2.26. The van der Waals surface area contributed by atoms with Gasteiger partial charge in [0.05, 0.1) is 17.9 Å². The van der Waals surface area contributed by atoms with Crippen LogP contribution in [0.1, 0.15) is 64.5 Å². The number of carbonyl (C=O) groups is 1. The second-order valence-corrected chi connectivity index (χ2v) is 10.7. The molecule has 0 aromatic heterocycles. The molecule has 0 saturated heterocycles. The van der Waals surface area contributed by atoms with Crippen LogP contribution >= 0.6 is 35.0 Å². The van der Waals surface area contributed by atoms with Gasteiger partial charge in [-0.25, -0.2) is 0 Å². The summed E-state index contributed by atoms with van der Waals surface area (Å²) < 4.78 is 5.87. The summed E-state index contributed by atoms with van der Waals surface area (Å²) in [5, 5.41) is 16.1. The first-order chi connectivity index (χ1) is 16.4. The van der Waals surface area contributed by atoms with E-state index in [9.17, 15) is 9.90 Å². The molecule has 0 amide bonds. The van der Waals surface area contributed by atoms with Crippen LogP contribution in [0, 0.1) is 5.92 Å². The van der Waals surface area contributed by atoms with Crippen molar-refractivity contribution in [1.29, 1.82) is 0 Å². The van der Waals surface area contributed by atoms with E-state index in [0.717, 1.165) is 24.2 Å². The Bertz CT molecular complexity index is 870. The van der Waals surface area contributed by atoms with Crippen LogP contribution in [0.15, 0.2) is 52.4 Å². The Hall–Kier alpha value is -1.47. The largest absolute Gasteiger partial charge is 0.511 e. The van der Waals surface area contributed by atoms with Crippen LogP contribution in [-0.2, 0) is 14.4 Å². The Balaban J connectivity index is 2.14. The van der Waals surface area contributed by atoms with Gasteiger partial charge >= 0.3 is 0 Å². The predicted molar refractivity (Wildman–Crippen MR) is 143 cm³/mol. The Morgan fingerprint density at radius 3 is 2.65 bits per heavy atom. The van der Waals surface area contributed by atoms with Crippen LogP contribution in [-0.4, -0.2) is 40.8 Å². The highest BCUT2D eigenvalue weighted by Crippen LogP contribution is 2.33. The molecule has 8 heteroatoms. The molecule has 1 aliphatic carbocycles. The third-order valence-corrected chi connectivity index (χ3v) is 7.07. The van der Waals surface area contributed by atoms with Crippen molar-refractivity contribution in [3.8, 4) is 0 Å². The van der Waals surface area contributed by atoms with E-state index in [1.54, 1.807) is 18.2 Å². The van der Waals surface area contributed by atoms with Crippen molar-refractivity contribution < 1.29 is 19.5 Å². The molecule has 0 bridgehead atoms. The third kappa shape index (κ3) is 9.29.